The second-order valence-corrected chi connectivity index (χ2v) is 5.12. The first-order chi connectivity index (χ1) is 9.02. The van der Waals surface area contributed by atoms with Crippen molar-refractivity contribution in [3.8, 4) is 0 Å². The Labute approximate surface area is 115 Å². The Kier molecular flexibility index (Phi) is 6.65. The molecule has 0 spiro atoms. The van der Waals surface area contributed by atoms with Crippen LogP contribution in [0.4, 0.5) is 0 Å². The second kappa shape index (κ2) is 8.00. The molecule has 2 N–H and O–H groups in total. The smallest absolute Gasteiger partial charge is 0.313 e. The van der Waals surface area contributed by atoms with Crippen molar-refractivity contribution < 1.29 is 24.2 Å². The summed E-state index contributed by atoms with van der Waals surface area (Å²) in [6.07, 6.45) is 0.327. The number of hydrogen-bond acceptors (Lipinski definition) is 5. The average molecular weight is 290 g/mol. The fourth-order valence-corrected chi connectivity index (χ4v) is 2.29. The maximum atomic E-state index is 11.5. The maximum absolute atomic E-state index is 11.5. The highest BCUT2D eigenvalue weighted by Crippen LogP contribution is 2.12. The number of nitrogens with one attached hydrogen (secondary N) is 1. The molecular weight excluding hydrogens is 272 g/mol. The first-order valence-electron chi connectivity index (χ1n) is 5.89. The largest absolute Gasteiger partial charge is 0.481 e. The fraction of sp³-hybridized carbons (Fsp3) is 0.727. The molecule has 1 heterocycles. The molecular formula is C11H18N2O5S. The van der Waals surface area contributed by atoms with Gasteiger partial charge in [0.2, 0.25) is 11.8 Å². The van der Waals surface area contributed by atoms with E-state index in [1.165, 1.54) is 0 Å². The van der Waals surface area contributed by atoms with Crippen molar-refractivity contribution in [2.75, 3.05) is 38.2 Å². The van der Waals surface area contributed by atoms with Crippen LogP contribution in [0.25, 0.3) is 0 Å². The van der Waals surface area contributed by atoms with E-state index in [-0.39, 0.29) is 29.4 Å². The van der Waals surface area contributed by atoms with E-state index in [0.29, 0.717) is 26.1 Å². The number of nitrogens with zero attached hydrogens (tertiary/aromatic N) is 1. The lowest BCUT2D eigenvalue weighted by atomic mass is 10.3. The van der Waals surface area contributed by atoms with Crippen LogP contribution in [0, 0.1) is 0 Å². The molecule has 1 unspecified atom stereocenters. The van der Waals surface area contributed by atoms with Crippen LogP contribution < -0.4 is 5.32 Å². The van der Waals surface area contributed by atoms with Crippen molar-refractivity contribution >= 4 is 29.5 Å². The fourth-order valence-electron chi connectivity index (χ4n) is 1.72. The highest BCUT2D eigenvalue weighted by atomic mass is 32.2. The highest BCUT2D eigenvalue weighted by molar-refractivity contribution is 8.00. The van der Waals surface area contributed by atoms with Gasteiger partial charge in [-0.05, 0) is 0 Å². The van der Waals surface area contributed by atoms with Crippen LogP contribution in [0.15, 0.2) is 0 Å². The van der Waals surface area contributed by atoms with Crippen molar-refractivity contribution in [2.24, 2.45) is 0 Å². The van der Waals surface area contributed by atoms with Crippen LogP contribution in [0.2, 0.25) is 0 Å². The van der Waals surface area contributed by atoms with E-state index in [0.717, 1.165) is 11.8 Å². The summed E-state index contributed by atoms with van der Waals surface area (Å²) >= 11 is 1.04. The van der Waals surface area contributed by atoms with Gasteiger partial charge in [-0.1, -0.05) is 0 Å². The van der Waals surface area contributed by atoms with Gasteiger partial charge < -0.3 is 20.1 Å². The minimum Gasteiger partial charge on any atom is -0.481 e. The zero-order chi connectivity index (χ0) is 14.3. The summed E-state index contributed by atoms with van der Waals surface area (Å²) < 4.78 is 5.11. The quantitative estimate of drug-likeness (QED) is 0.605. The van der Waals surface area contributed by atoms with Crippen LogP contribution >= 0.6 is 11.8 Å². The number of carboxylic acids is 1. The number of hydrogen-bond donors (Lipinski definition) is 2. The Morgan fingerprint density at radius 2 is 2.26 bits per heavy atom. The van der Waals surface area contributed by atoms with Gasteiger partial charge in [0.05, 0.1) is 24.0 Å². The van der Waals surface area contributed by atoms with Gasteiger partial charge in [0.25, 0.3) is 0 Å². The van der Waals surface area contributed by atoms with Crippen LogP contribution in [-0.4, -0.2) is 72.1 Å². The Bertz CT molecular complexity index is 350. The highest BCUT2D eigenvalue weighted by Gasteiger charge is 2.28. The van der Waals surface area contributed by atoms with Crippen LogP contribution in [0.3, 0.4) is 0 Å². The number of carboxylic acid groups (broad SMARTS) is 1. The molecule has 8 heteroatoms. The molecule has 0 saturated carbocycles. The number of aliphatic carboxylic acids is 1. The predicted molar refractivity (Wildman–Crippen MR) is 70.0 cm³/mol. The number of carbonyl (C=O) groups excluding carboxylic acids is 2. The van der Waals surface area contributed by atoms with Gasteiger partial charge in [-0.3, -0.25) is 14.4 Å². The molecule has 1 rings (SSSR count). The minimum atomic E-state index is -0.939. The van der Waals surface area contributed by atoms with Crippen molar-refractivity contribution in [1.82, 2.24) is 10.2 Å². The topological polar surface area (TPSA) is 95.9 Å². The van der Waals surface area contributed by atoms with Crippen molar-refractivity contribution in [3.05, 3.63) is 0 Å². The third-order valence-electron chi connectivity index (χ3n) is 2.67. The lowest BCUT2D eigenvalue weighted by molar-refractivity contribution is -0.134. The van der Waals surface area contributed by atoms with E-state index in [1.807, 2.05) is 0 Å². The number of thioether (sulfide) groups is 1. The van der Waals surface area contributed by atoms with Crippen molar-refractivity contribution in [1.29, 1.82) is 0 Å². The normalized spacial score (nSPS) is 18.7. The Balaban J connectivity index is 2.11. The molecule has 0 aromatic carbocycles. The van der Waals surface area contributed by atoms with Crippen molar-refractivity contribution in [3.63, 3.8) is 0 Å². The SMILES string of the molecule is COC1CC(=O)N(CCNC(=O)CSCC(=O)O)C1. The molecule has 1 aliphatic rings. The standard InChI is InChI=1S/C11H18N2O5S/c1-18-8-4-10(15)13(5-8)3-2-12-9(14)6-19-7-11(16)17/h8H,2-7H2,1H3,(H,12,14)(H,16,17). The minimum absolute atomic E-state index is 0.0290. The lowest BCUT2D eigenvalue weighted by Crippen LogP contribution is -2.36. The van der Waals surface area contributed by atoms with Gasteiger partial charge in [-0.25, -0.2) is 0 Å². The molecule has 2 amide bonds. The lowest BCUT2D eigenvalue weighted by Gasteiger charge is -2.16. The summed E-state index contributed by atoms with van der Waals surface area (Å²) in [5.41, 5.74) is 0. The molecule has 1 saturated heterocycles. The van der Waals surface area contributed by atoms with E-state index >= 15 is 0 Å². The molecule has 0 aliphatic carbocycles. The van der Waals surface area contributed by atoms with Crippen LogP contribution in [0.1, 0.15) is 6.42 Å². The summed E-state index contributed by atoms with van der Waals surface area (Å²) in [7, 11) is 1.57. The first-order valence-corrected chi connectivity index (χ1v) is 7.05. The molecule has 0 radical (unpaired) electrons. The van der Waals surface area contributed by atoms with Gasteiger partial charge >= 0.3 is 5.97 Å². The second-order valence-electron chi connectivity index (χ2n) is 4.14. The molecule has 1 atom stereocenters. The summed E-state index contributed by atoms with van der Waals surface area (Å²) in [5.74, 6) is -1.11. The summed E-state index contributed by atoms with van der Waals surface area (Å²) in [6, 6.07) is 0. The average Bonchev–Trinajstić information content (AvgIpc) is 2.70. The Morgan fingerprint density at radius 3 is 2.84 bits per heavy atom. The molecule has 0 aromatic rings. The summed E-state index contributed by atoms with van der Waals surface area (Å²) in [6.45, 7) is 1.38. The first kappa shape index (κ1) is 15.8. The summed E-state index contributed by atoms with van der Waals surface area (Å²) in [4.78, 5) is 34.8. The van der Waals surface area contributed by atoms with Crippen LogP contribution in [0.5, 0.6) is 0 Å². The van der Waals surface area contributed by atoms with E-state index in [1.54, 1.807) is 12.0 Å². The predicted octanol–water partition coefficient (Wildman–Crippen LogP) is -0.832. The van der Waals surface area contributed by atoms with E-state index < -0.39 is 5.97 Å². The van der Waals surface area contributed by atoms with Gasteiger partial charge in [0, 0.05) is 26.7 Å². The van der Waals surface area contributed by atoms with Gasteiger partial charge in [0.1, 0.15) is 0 Å². The molecule has 1 aliphatic heterocycles. The zero-order valence-corrected chi connectivity index (χ0v) is 11.6. The monoisotopic (exact) mass is 290 g/mol. The zero-order valence-electron chi connectivity index (χ0n) is 10.8. The molecule has 7 nitrogen and oxygen atoms in total. The van der Waals surface area contributed by atoms with E-state index in [2.05, 4.69) is 5.32 Å². The van der Waals surface area contributed by atoms with E-state index in [9.17, 15) is 14.4 Å². The van der Waals surface area contributed by atoms with Gasteiger partial charge in [-0.15, -0.1) is 11.8 Å². The Morgan fingerprint density at radius 1 is 1.53 bits per heavy atom. The molecule has 108 valence electrons. The number of ether oxygens (including phenoxy) is 1. The number of methoxy groups -OCH3 is 1. The molecule has 19 heavy (non-hydrogen) atoms. The van der Waals surface area contributed by atoms with Crippen molar-refractivity contribution in [2.45, 2.75) is 12.5 Å². The number of likely N-dealkylation sites (tertiary alicyclic amines) is 1. The van der Waals surface area contributed by atoms with Gasteiger partial charge in [0.15, 0.2) is 0 Å². The third-order valence-corrected chi connectivity index (χ3v) is 3.59. The maximum Gasteiger partial charge on any atom is 0.313 e. The van der Waals surface area contributed by atoms with E-state index in [4.69, 9.17) is 9.84 Å². The number of amides is 2. The summed E-state index contributed by atoms with van der Waals surface area (Å²) in [5, 5.41) is 11.1. The third kappa shape index (κ3) is 5.93. The molecule has 0 bridgehead atoms. The number of carbonyl (C=O) groups is 3. The number of rotatable bonds is 8. The molecule has 1 fully saturated rings. The Hall–Kier alpha value is -1.28. The van der Waals surface area contributed by atoms with Gasteiger partial charge in [-0.2, -0.15) is 0 Å². The van der Waals surface area contributed by atoms with Crippen LogP contribution in [-0.2, 0) is 19.1 Å². The molecule has 0 aromatic heterocycles.